The van der Waals surface area contributed by atoms with Gasteiger partial charge in [0.2, 0.25) is 0 Å². The van der Waals surface area contributed by atoms with Gasteiger partial charge in [0.25, 0.3) is 0 Å². The Morgan fingerprint density at radius 1 is 1.18 bits per heavy atom. The van der Waals surface area contributed by atoms with Crippen LogP contribution in [0, 0.1) is 0 Å². The highest BCUT2D eigenvalue weighted by molar-refractivity contribution is 5.86. The second kappa shape index (κ2) is 5.54. The van der Waals surface area contributed by atoms with Crippen LogP contribution >= 0.6 is 0 Å². The molecule has 1 aromatic carbocycles. The summed E-state index contributed by atoms with van der Waals surface area (Å²) in [6.45, 7) is 1.73. The molecule has 5 nitrogen and oxygen atoms in total. The average Bonchev–Trinajstić information content (AvgIpc) is 2.93. The topological polar surface area (TPSA) is 79.7 Å². The number of urea groups is 1. The van der Waals surface area contributed by atoms with Gasteiger partial charge in [-0.1, -0.05) is 30.3 Å². The second-order valence-corrected chi connectivity index (χ2v) is 5.12. The molecule has 1 aliphatic heterocycles. The number of amides is 2. The maximum absolute atomic E-state index is 11.3. The van der Waals surface area contributed by atoms with Crippen LogP contribution in [-0.2, 0) is 0 Å². The van der Waals surface area contributed by atoms with Crippen molar-refractivity contribution in [1.82, 2.24) is 5.06 Å². The van der Waals surface area contributed by atoms with Gasteiger partial charge in [0.05, 0.1) is 18.6 Å². The van der Waals surface area contributed by atoms with E-state index in [0.717, 1.165) is 27.8 Å². The quantitative estimate of drug-likeness (QED) is 0.568. The van der Waals surface area contributed by atoms with Crippen LogP contribution < -0.4 is 5.73 Å². The number of hydrogen-bond acceptors (Lipinski definition) is 3. The Morgan fingerprint density at radius 3 is 2.59 bits per heavy atom. The predicted octanol–water partition coefficient (Wildman–Crippen LogP) is 3.88. The summed E-state index contributed by atoms with van der Waals surface area (Å²) in [6.07, 6.45) is 3.21. The van der Waals surface area contributed by atoms with Crippen molar-refractivity contribution in [3.8, 4) is 22.3 Å². The maximum atomic E-state index is 11.3. The Morgan fingerprint density at radius 2 is 1.91 bits per heavy atom. The average molecular weight is 296 g/mol. The van der Waals surface area contributed by atoms with Crippen LogP contribution in [0.2, 0.25) is 0 Å². The van der Waals surface area contributed by atoms with E-state index in [4.69, 9.17) is 10.2 Å². The first-order chi connectivity index (χ1) is 10.6. The summed E-state index contributed by atoms with van der Waals surface area (Å²) in [5.41, 5.74) is 9.78. The molecule has 5 heteroatoms. The standard InChI is InChI=1S/C17H16N2O3/c1-11(19(21)17(18)20)16-14-7-8-22-10-13(14)9-15(16)12-5-3-2-4-6-12/h2-11,21H,1H3,(H2,18,20). The normalized spacial score (nSPS) is 12.3. The Balaban J connectivity index is 2.21. The molecule has 112 valence electrons. The van der Waals surface area contributed by atoms with Crippen molar-refractivity contribution < 1.29 is 14.4 Å². The van der Waals surface area contributed by atoms with Gasteiger partial charge in [-0.05, 0) is 41.3 Å². The summed E-state index contributed by atoms with van der Waals surface area (Å²) < 4.78 is 5.21. The Bertz CT molecular complexity index is 767. The molecular weight excluding hydrogens is 280 g/mol. The van der Waals surface area contributed by atoms with Gasteiger partial charge < -0.3 is 10.2 Å². The maximum Gasteiger partial charge on any atom is 0.339 e. The number of hydroxylamine groups is 2. The Labute approximate surface area is 127 Å². The Kier molecular flexibility index (Phi) is 3.56. The zero-order chi connectivity index (χ0) is 15.7. The van der Waals surface area contributed by atoms with Gasteiger partial charge >= 0.3 is 6.03 Å². The number of carbonyl (C=O) groups excluding carboxylic acids is 1. The first kappa shape index (κ1) is 14.2. The third kappa shape index (κ3) is 2.31. The van der Waals surface area contributed by atoms with Crippen LogP contribution in [0.1, 0.15) is 18.5 Å². The molecule has 1 heterocycles. The first-order valence-electron chi connectivity index (χ1n) is 6.91. The minimum Gasteiger partial charge on any atom is -0.472 e. The molecule has 0 aromatic heterocycles. The molecular formula is C17H16N2O3. The minimum absolute atomic E-state index is 0.547. The van der Waals surface area contributed by atoms with E-state index in [0.29, 0.717) is 5.06 Å². The molecule has 0 fully saturated rings. The third-order valence-electron chi connectivity index (χ3n) is 3.79. The molecule has 0 radical (unpaired) electrons. The number of fused-ring (bicyclic) bond motifs is 1. The third-order valence-corrected chi connectivity index (χ3v) is 3.79. The SMILES string of the molecule is CC(c1c2ccocc-2cc1-c1ccccc1)N(O)C(N)=O. The summed E-state index contributed by atoms with van der Waals surface area (Å²) in [5.74, 6) is 0. The summed E-state index contributed by atoms with van der Waals surface area (Å²) in [4.78, 5) is 11.3. The monoisotopic (exact) mass is 296 g/mol. The highest BCUT2D eigenvalue weighted by atomic mass is 16.5. The molecule has 22 heavy (non-hydrogen) atoms. The van der Waals surface area contributed by atoms with Gasteiger partial charge in [-0.25, -0.2) is 4.79 Å². The highest BCUT2D eigenvalue weighted by Gasteiger charge is 2.26. The lowest BCUT2D eigenvalue weighted by Crippen LogP contribution is -2.35. The largest absolute Gasteiger partial charge is 0.472 e. The van der Waals surface area contributed by atoms with E-state index < -0.39 is 12.1 Å². The lowest BCUT2D eigenvalue weighted by Gasteiger charge is -2.23. The van der Waals surface area contributed by atoms with E-state index in [9.17, 15) is 10.0 Å². The van der Waals surface area contributed by atoms with E-state index in [1.165, 1.54) is 0 Å². The van der Waals surface area contributed by atoms with E-state index >= 15 is 0 Å². The van der Waals surface area contributed by atoms with Crippen LogP contribution in [-0.4, -0.2) is 16.3 Å². The van der Waals surface area contributed by atoms with E-state index in [2.05, 4.69) is 0 Å². The molecule has 1 unspecified atom stereocenters. The highest BCUT2D eigenvalue weighted by Crippen LogP contribution is 2.42. The molecule has 0 saturated carbocycles. The fraction of sp³-hybridized carbons (Fsp3) is 0.118. The van der Waals surface area contributed by atoms with Crippen molar-refractivity contribution in [2.45, 2.75) is 13.0 Å². The van der Waals surface area contributed by atoms with E-state index in [-0.39, 0.29) is 0 Å². The smallest absolute Gasteiger partial charge is 0.339 e. The number of hydrogen-bond donors (Lipinski definition) is 2. The second-order valence-electron chi connectivity index (χ2n) is 5.12. The number of rotatable bonds is 3. The summed E-state index contributed by atoms with van der Waals surface area (Å²) in [5, 5.41) is 10.5. The molecule has 0 bridgehead atoms. The summed E-state index contributed by atoms with van der Waals surface area (Å²) in [7, 11) is 0. The van der Waals surface area contributed by atoms with Gasteiger partial charge in [-0.2, -0.15) is 5.06 Å². The number of nitrogens with two attached hydrogens (primary N) is 1. The lowest BCUT2D eigenvalue weighted by atomic mass is 9.97. The molecule has 3 rings (SSSR count). The van der Waals surface area contributed by atoms with E-state index in [1.54, 1.807) is 19.5 Å². The summed E-state index contributed by atoms with van der Waals surface area (Å²) >= 11 is 0. The van der Waals surface area contributed by atoms with Crippen LogP contribution in [0.3, 0.4) is 0 Å². The van der Waals surface area contributed by atoms with Gasteiger partial charge in [-0.3, -0.25) is 5.21 Å². The zero-order valence-corrected chi connectivity index (χ0v) is 12.1. The molecule has 2 amide bonds. The van der Waals surface area contributed by atoms with Crippen LogP contribution in [0.15, 0.2) is 59.4 Å². The van der Waals surface area contributed by atoms with Crippen molar-refractivity contribution in [2.75, 3.05) is 0 Å². The lowest BCUT2D eigenvalue weighted by molar-refractivity contribution is -0.0706. The predicted molar refractivity (Wildman–Crippen MR) is 82.4 cm³/mol. The first-order valence-corrected chi connectivity index (χ1v) is 6.91. The molecule has 2 aliphatic rings. The minimum atomic E-state index is -0.888. The van der Waals surface area contributed by atoms with Crippen molar-refractivity contribution in [3.63, 3.8) is 0 Å². The van der Waals surface area contributed by atoms with Crippen molar-refractivity contribution in [2.24, 2.45) is 5.73 Å². The fourth-order valence-electron chi connectivity index (χ4n) is 2.73. The fourth-order valence-corrected chi connectivity index (χ4v) is 2.73. The molecule has 1 aromatic rings. The van der Waals surface area contributed by atoms with E-state index in [1.807, 2.05) is 42.5 Å². The van der Waals surface area contributed by atoms with Crippen molar-refractivity contribution in [3.05, 3.63) is 60.6 Å². The Hall–Kier alpha value is -2.79. The molecule has 0 saturated heterocycles. The van der Waals surface area contributed by atoms with Gasteiger partial charge in [0, 0.05) is 5.56 Å². The molecule has 0 spiro atoms. The van der Waals surface area contributed by atoms with Gasteiger partial charge in [-0.15, -0.1) is 0 Å². The van der Waals surface area contributed by atoms with Crippen LogP contribution in [0.25, 0.3) is 22.3 Å². The molecule has 3 N–H and O–H groups in total. The van der Waals surface area contributed by atoms with Gasteiger partial charge in [0.15, 0.2) is 0 Å². The zero-order valence-electron chi connectivity index (χ0n) is 12.1. The number of carbonyl (C=O) groups is 1. The summed E-state index contributed by atoms with van der Waals surface area (Å²) in [6, 6.07) is 12.1. The van der Waals surface area contributed by atoms with Gasteiger partial charge in [0.1, 0.15) is 0 Å². The van der Waals surface area contributed by atoms with Crippen LogP contribution in [0.5, 0.6) is 0 Å². The number of primary amides is 1. The van der Waals surface area contributed by atoms with Crippen molar-refractivity contribution >= 4 is 6.03 Å². The molecule has 1 aliphatic carbocycles. The molecule has 1 atom stereocenters. The number of nitrogens with zero attached hydrogens (tertiary/aromatic N) is 1. The van der Waals surface area contributed by atoms with Crippen LogP contribution in [0.4, 0.5) is 4.79 Å². The van der Waals surface area contributed by atoms with Crippen molar-refractivity contribution in [1.29, 1.82) is 0 Å². The number of benzene rings is 1.